The first-order valence-electron chi connectivity index (χ1n) is 9.65. The summed E-state index contributed by atoms with van der Waals surface area (Å²) in [5.74, 6) is 1.34. The summed E-state index contributed by atoms with van der Waals surface area (Å²) in [6.45, 7) is 10.2. The first-order valence-corrected chi connectivity index (χ1v) is 9.65. The zero-order valence-electron chi connectivity index (χ0n) is 15.9. The summed E-state index contributed by atoms with van der Waals surface area (Å²) in [6, 6.07) is 8.31. The number of nitrogens with zero attached hydrogens (tertiary/aromatic N) is 1. The van der Waals surface area contributed by atoms with Crippen LogP contribution in [0.2, 0.25) is 0 Å². The van der Waals surface area contributed by atoms with E-state index < -0.39 is 0 Å². The Morgan fingerprint density at radius 2 is 1.83 bits per heavy atom. The van der Waals surface area contributed by atoms with Gasteiger partial charge in [-0.1, -0.05) is 45.7 Å². The number of carbonyl (C=O) groups is 1. The number of Topliss-reactive ketones (excluding diaryl/α,β-unsaturated/α-hetero) is 1. The third-order valence-corrected chi connectivity index (χ3v) is 4.44. The number of aryl methyl sites for hydroxylation is 1. The zero-order valence-corrected chi connectivity index (χ0v) is 15.9. The van der Waals surface area contributed by atoms with Crippen LogP contribution < -0.4 is 4.74 Å². The van der Waals surface area contributed by atoms with Crippen molar-refractivity contribution in [2.75, 3.05) is 26.2 Å². The predicted octanol–water partition coefficient (Wildman–Crippen LogP) is 4.88. The van der Waals surface area contributed by atoms with E-state index in [2.05, 4.69) is 37.8 Å². The number of hydrogen-bond donors (Lipinski definition) is 0. The number of rotatable bonds is 14. The van der Waals surface area contributed by atoms with Crippen molar-refractivity contribution in [2.24, 2.45) is 0 Å². The maximum absolute atomic E-state index is 12.0. The quantitative estimate of drug-likeness (QED) is 0.454. The molecule has 0 atom stereocenters. The maximum atomic E-state index is 12.0. The average Bonchev–Trinajstić information content (AvgIpc) is 2.60. The van der Waals surface area contributed by atoms with E-state index in [1.54, 1.807) is 0 Å². The van der Waals surface area contributed by atoms with Gasteiger partial charge < -0.3 is 9.64 Å². The molecule has 24 heavy (non-hydrogen) atoms. The molecule has 0 spiro atoms. The average molecular weight is 334 g/mol. The maximum Gasteiger partial charge on any atom is 0.134 e. The zero-order chi connectivity index (χ0) is 17.6. The highest BCUT2D eigenvalue weighted by molar-refractivity contribution is 5.78. The highest BCUT2D eigenvalue weighted by Crippen LogP contribution is 2.16. The number of ketones is 1. The molecule has 1 aromatic rings. The molecule has 0 amide bonds. The normalized spacial score (nSPS) is 11.0. The molecule has 1 aromatic carbocycles. The van der Waals surface area contributed by atoms with Crippen LogP contribution in [0.3, 0.4) is 0 Å². The smallest absolute Gasteiger partial charge is 0.134 e. The molecule has 0 unspecified atom stereocenters. The molecule has 0 saturated heterocycles. The first-order chi connectivity index (χ1) is 11.7. The number of unbranched alkanes of at least 4 members (excludes halogenated alkanes) is 2. The first kappa shape index (κ1) is 20.7. The third-order valence-electron chi connectivity index (χ3n) is 4.44. The second-order valence-electron chi connectivity index (χ2n) is 6.37. The van der Waals surface area contributed by atoms with Crippen LogP contribution in [0.1, 0.15) is 64.9 Å². The van der Waals surface area contributed by atoms with E-state index in [0.717, 1.165) is 51.3 Å². The fourth-order valence-corrected chi connectivity index (χ4v) is 2.77. The molecular weight excluding hydrogens is 298 g/mol. The largest absolute Gasteiger partial charge is 0.494 e. The van der Waals surface area contributed by atoms with E-state index in [-0.39, 0.29) is 0 Å². The standard InChI is InChI=1S/C21H35NO2/c1-4-7-8-17-24-21-14-10-12-19(18-21)11-9-13-20(23)15-16-22(5-2)6-3/h10,12,14,18H,4-9,11,13,15-17H2,1-3H3. The van der Waals surface area contributed by atoms with Gasteiger partial charge in [0, 0.05) is 19.4 Å². The minimum Gasteiger partial charge on any atom is -0.494 e. The Morgan fingerprint density at radius 3 is 2.54 bits per heavy atom. The molecule has 1 rings (SSSR count). The van der Waals surface area contributed by atoms with Crippen LogP contribution in [0.5, 0.6) is 5.75 Å². The van der Waals surface area contributed by atoms with Crippen LogP contribution in [0, 0.1) is 0 Å². The minimum absolute atomic E-state index is 0.383. The molecule has 0 aliphatic carbocycles. The minimum atomic E-state index is 0.383. The number of carbonyl (C=O) groups excluding carboxylic acids is 1. The Labute approximate surface area is 148 Å². The number of ether oxygens (including phenoxy) is 1. The molecule has 0 aliphatic heterocycles. The Hall–Kier alpha value is -1.35. The van der Waals surface area contributed by atoms with Crippen molar-refractivity contribution in [2.45, 2.75) is 65.7 Å². The molecular formula is C21H35NO2. The Morgan fingerprint density at radius 1 is 1.04 bits per heavy atom. The Balaban J connectivity index is 2.25. The predicted molar refractivity (Wildman–Crippen MR) is 102 cm³/mol. The highest BCUT2D eigenvalue weighted by Gasteiger charge is 2.06. The lowest BCUT2D eigenvalue weighted by Crippen LogP contribution is -2.25. The van der Waals surface area contributed by atoms with Crippen molar-refractivity contribution in [1.82, 2.24) is 4.90 Å². The number of benzene rings is 1. The van der Waals surface area contributed by atoms with Crippen molar-refractivity contribution in [3.8, 4) is 5.75 Å². The van der Waals surface area contributed by atoms with Crippen molar-refractivity contribution in [1.29, 1.82) is 0 Å². The van der Waals surface area contributed by atoms with Crippen molar-refractivity contribution < 1.29 is 9.53 Å². The van der Waals surface area contributed by atoms with Crippen LogP contribution in [0.15, 0.2) is 24.3 Å². The van der Waals surface area contributed by atoms with Gasteiger partial charge in [0.05, 0.1) is 6.61 Å². The monoisotopic (exact) mass is 333 g/mol. The molecule has 0 fully saturated rings. The lowest BCUT2D eigenvalue weighted by atomic mass is 10.0. The lowest BCUT2D eigenvalue weighted by molar-refractivity contribution is -0.119. The topological polar surface area (TPSA) is 29.5 Å². The van der Waals surface area contributed by atoms with Gasteiger partial charge in [0.15, 0.2) is 0 Å². The fourth-order valence-electron chi connectivity index (χ4n) is 2.77. The van der Waals surface area contributed by atoms with E-state index in [1.807, 2.05) is 12.1 Å². The molecule has 0 N–H and O–H groups in total. The molecule has 0 bridgehead atoms. The second-order valence-corrected chi connectivity index (χ2v) is 6.37. The van der Waals surface area contributed by atoms with Crippen LogP contribution in [0.25, 0.3) is 0 Å². The van der Waals surface area contributed by atoms with Crippen molar-refractivity contribution >= 4 is 5.78 Å². The van der Waals surface area contributed by atoms with Gasteiger partial charge in [-0.3, -0.25) is 4.79 Å². The number of hydrogen-bond acceptors (Lipinski definition) is 3. The summed E-state index contributed by atoms with van der Waals surface area (Å²) in [7, 11) is 0. The van der Waals surface area contributed by atoms with Gasteiger partial charge in [0.1, 0.15) is 11.5 Å². The summed E-state index contributed by atoms with van der Waals surface area (Å²) in [4.78, 5) is 14.3. The van der Waals surface area contributed by atoms with Crippen LogP contribution in [0.4, 0.5) is 0 Å². The third kappa shape index (κ3) is 9.07. The summed E-state index contributed by atoms with van der Waals surface area (Å²) < 4.78 is 5.79. The molecule has 3 nitrogen and oxygen atoms in total. The van der Waals surface area contributed by atoms with Crippen LogP contribution >= 0.6 is 0 Å². The molecule has 0 radical (unpaired) electrons. The van der Waals surface area contributed by atoms with Gasteiger partial charge in [0.2, 0.25) is 0 Å². The van der Waals surface area contributed by atoms with E-state index in [4.69, 9.17) is 4.74 Å². The molecule has 0 heterocycles. The second kappa shape index (κ2) is 13.0. The molecule has 136 valence electrons. The van der Waals surface area contributed by atoms with E-state index in [1.165, 1.54) is 18.4 Å². The van der Waals surface area contributed by atoms with Crippen LogP contribution in [-0.2, 0) is 11.2 Å². The lowest BCUT2D eigenvalue weighted by Gasteiger charge is -2.17. The Bertz CT molecular complexity index is 455. The Kier molecular flexibility index (Phi) is 11.2. The SMILES string of the molecule is CCCCCOc1cccc(CCCC(=O)CCN(CC)CC)c1. The van der Waals surface area contributed by atoms with Crippen LogP contribution in [-0.4, -0.2) is 36.9 Å². The van der Waals surface area contributed by atoms with Gasteiger partial charge in [0.25, 0.3) is 0 Å². The molecule has 0 aromatic heterocycles. The van der Waals surface area contributed by atoms with Crippen molar-refractivity contribution in [3.63, 3.8) is 0 Å². The summed E-state index contributed by atoms with van der Waals surface area (Å²) in [5.41, 5.74) is 1.26. The molecule has 0 saturated carbocycles. The molecule has 3 heteroatoms. The summed E-state index contributed by atoms with van der Waals surface area (Å²) in [5, 5.41) is 0. The van der Waals surface area contributed by atoms with Gasteiger partial charge in [-0.05, 0) is 50.0 Å². The fraction of sp³-hybridized carbons (Fsp3) is 0.667. The van der Waals surface area contributed by atoms with Gasteiger partial charge in [-0.25, -0.2) is 0 Å². The summed E-state index contributed by atoms with van der Waals surface area (Å²) in [6.07, 6.45) is 6.79. The highest BCUT2D eigenvalue weighted by atomic mass is 16.5. The van der Waals surface area contributed by atoms with E-state index in [0.29, 0.717) is 18.6 Å². The van der Waals surface area contributed by atoms with Gasteiger partial charge in [-0.2, -0.15) is 0 Å². The van der Waals surface area contributed by atoms with Crippen molar-refractivity contribution in [3.05, 3.63) is 29.8 Å². The molecule has 0 aliphatic rings. The van der Waals surface area contributed by atoms with Gasteiger partial charge >= 0.3 is 0 Å². The van der Waals surface area contributed by atoms with E-state index >= 15 is 0 Å². The van der Waals surface area contributed by atoms with E-state index in [9.17, 15) is 4.79 Å². The van der Waals surface area contributed by atoms with Gasteiger partial charge in [-0.15, -0.1) is 0 Å². The summed E-state index contributed by atoms with van der Waals surface area (Å²) >= 11 is 0.